The molecule has 0 aliphatic rings. The average molecular weight is 269 g/mol. The maximum Gasteiger partial charge on any atom is 0.0663 e. The Bertz CT molecular complexity index is 889. The predicted molar refractivity (Wildman–Crippen MR) is 81.8 cm³/mol. The molecule has 0 saturated carbocycles. The lowest BCUT2D eigenvalue weighted by Gasteiger charge is -2.01. The highest BCUT2D eigenvalue weighted by Gasteiger charge is 2.10. The van der Waals surface area contributed by atoms with Crippen LogP contribution in [0.5, 0.6) is 0 Å². The van der Waals surface area contributed by atoms with Crippen molar-refractivity contribution in [3.63, 3.8) is 0 Å². The highest BCUT2D eigenvalue weighted by molar-refractivity contribution is 7.26. The fourth-order valence-electron chi connectivity index (χ4n) is 2.47. The maximum atomic E-state index is 6.56. The summed E-state index contributed by atoms with van der Waals surface area (Å²) in [6, 6.07) is 19.0. The molecule has 0 aliphatic carbocycles. The number of thiophene rings is 1. The van der Waals surface area contributed by atoms with Crippen molar-refractivity contribution in [2.45, 2.75) is 0 Å². The molecule has 0 amide bonds. The van der Waals surface area contributed by atoms with Crippen molar-refractivity contribution in [2.24, 2.45) is 0 Å². The Morgan fingerprint density at radius 3 is 2.39 bits per heavy atom. The first-order valence-electron chi connectivity index (χ1n) is 5.83. The standard InChI is InChI=1S/C16H9ClS/c17-15-11-6-2-1-5-10(11)9-13-12-7-3-4-8-14(12)18-16(13)15/h1-9H. The first-order chi connectivity index (χ1) is 8.84. The number of rotatable bonds is 0. The van der Waals surface area contributed by atoms with Gasteiger partial charge >= 0.3 is 0 Å². The summed E-state index contributed by atoms with van der Waals surface area (Å²) in [5.41, 5.74) is 0. The zero-order valence-electron chi connectivity index (χ0n) is 9.48. The number of hydrogen-bond acceptors (Lipinski definition) is 1. The van der Waals surface area contributed by atoms with Crippen molar-refractivity contribution in [3.05, 3.63) is 59.6 Å². The fourth-order valence-corrected chi connectivity index (χ4v) is 3.99. The van der Waals surface area contributed by atoms with E-state index < -0.39 is 0 Å². The van der Waals surface area contributed by atoms with Crippen molar-refractivity contribution in [2.75, 3.05) is 0 Å². The highest BCUT2D eigenvalue weighted by Crippen LogP contribution is 2.41. The Morgan fingerprint density at radius 1 is 0.778 bits per heavy atom. The molecule has 2 heteroatoms. The van der Waals surface area contributed by atoms with Crippen LogP contribution in [0.4, 0.5) is 0 Å². The third-order valence-corrected chi connectivity index (χ3v) is 5.04. The number of fused-ring (bicyclic) bond motifs is 4. The zero-order valence-corrected chi connectivity index (χ0v) is 11.1. The summed E-state index contributed by atoms with van der Waals surface area (Å²) in [7, 11) is 0. The number of benzene rings is 3. The lowest BCUT2D eigenvalue weighted by molar-refractivity contribution is 1.81. The normalized spacial score (nSPS) is 11.6. The van der Waals surface area contributed by atoms with Gasteiger partial charge < -0.3 is 0 Å². The van der Waals surface area contributed by atoms with Gasteiger partial charge in [-0.2, -0.15) is 0 Å². The van der Waals surface area contributed by atoms with Crippen molar-refractivity contribution in [1.29, 1.82) is 0 Å². The van der Waals surface area contributed by atoms with Gasteiger partial charge in [-0.25, -0.2) is 0 Å². The Kier molecular flexibility index (Phi) is 2.14. The Labute approximate surface area is 113 Å². The Morgan fingerprint density at radius 2 is 1.50 bits per heavy atom. The predicted octanol–water partition coefficient (Wildman–Crippen LogP) is 5.86. The Hall–Kier alpha value is -1.57. The van der Waals surface area contributed by atoms with Crippen molar-refractivity contribution in [3.8, 4) is 0 Å². The maximum absolute atomic E-state index is 6.56. The van der Waals surface area contributed by atoms with E-state index in [1.807, 2.05) is 6.07 Å². The van der Waals surface area contributed by atoms with E-state index in [0.717, 1.165) is 10.4 Å². The minimum Gasteiger partial charge on any atom is -0.134 e. The summed E-state index contributed by atoms with van der Waals surface area (Å²) in [4.78, 5) is 0. The van der Waals surface area contributed by atoms with Gasteiger partial charge in [-0.05, 0) is 17.5 Å². The fraction of sp³-hybridized carbons (Fsp3) is 0. The summed E-state index contributed by atoms with van der Waals surface area (Å²) in [5, 5.41) is 5.78. The van der Waals surface area contributed by atoms with Crippen molar-refractivity contribution in [1.82, 2.24) is 0 Å². The molecule has 1 heterocycles. The van der Waals surface area contributed by atoms with Crippen LogP contribution < -0.4 is 0 Å². The smallest absolute Gasteiger partial charge is 0.0663 e. The van der Waals surface area contributed by atoms with Crippen LogP contribution >= 0.6 is 22.9 Å². The van der Waals surface area contributed by atoms with E-state index >= 15 is 0 Å². The molecule has 0 radical (unpaired) electrons. The van der Waals surface area contributed by atoms with Gasteiger partial charge in [-0.3, -0.25) is 0 Å². The number of hydrogen-bond donors (Lipinski definition) is 0. The lowest BCUT2D eigenvalue weighted by Crippen LogP contribution is -1.74. The van der Waals surface area contributed by atoms with Gasteiger partial charge in [0.15, 0.2) is 0 Å². The molecular weight excluding hydrogens is 260 g/mol. The lowest BCUT2D eigenvalue weighted by atomic mass is 10.1. The minimum atomic E-state index is 0.879. The SMILES string of the molecule is Clc1c2ccccc2cc2c1sc1ccccc12. The van der Waals surface area contributed by atoms with Crippen molar-refractivity contribution >= 4 is 53.9 Å². The summed E-state index contributed by atoms with van der Waals surface area (Å²) in [5.74, 6) is 0. The van der Waals surface area contributed by atoms with Crippen molar-refractivity contribution < 1.29 is 0 Å². The zero-order chi connectivity index (χ0) is 12.1. The van der Waals surface area contributed by atoms with Gasteiger partial charge in [0.05, 0.1) is 9.72 Å². The molecule has 4 aromatic rings. The van der Waals surface area contributed by atoms with Gasteiger partial charge in [0.1, 0.15) is 0 Å². The van der Waals surface area contributed by atoms with E-state index in [0.29, 0.717) is 0 Å². The highest BCUT2D eigenvalue weighted by atomic mass is 35.5. The Balaban J connectivity index is 2.33. The topological polar surface area (TPSA) is 0 Å². The largest absolute Gasteiger partial charge is 0.134 e. The third kappa shape index (κ3) is 1.32. The van der Waals surface area contributed by atoms with Crippen LogP contribution in [0.1, 0.15) is 0 Å². The van der Waals surface area contributed by atoms with Gasteiger partial charge in [0.2, 0.25) is 0 Å². The van der Waals surface area contributed by atoms with E-state index in [1.54, 1.807) is 11.3 Å². The summed E-state index contributed by atoms with van der Waals surface area (Å²) in [6.45, 7) is 0. The molecule has 0 nitrogen and oxygen atoms in total. The summed E-state index contributed by atoms with van der Waals surface area (Å²) >= 11 is 8.33. The second kappa shape index (κ2) is 3.71. The van der Waals surface area contributed by atoms with E-state index in [1.165, 1.54) is 25.6 Å². The molecule has 0 fully saturated rings. The first kappa shape index (κ1) is 10.4. The number of halogens is 1. The molecule has 0 N–H and O–H groups in total. The second-order valence-electron chi connectivity index (χ2n) is 4.39. The quantitative estimate of drug-likeness (QED) is 0.375. The second-order valence-corrected chi connectivity index (χ2v) is 5.82. The minimum absolute atomic E-state index is 0.879. The van der Waals surface area contributed by atoms with E-state index in [2.05, 4.69) is 48.5 Å². The molecular formula is C16H9ClS. The summed E-state index contributed by atoms with van der Waals surface area (Å²) < 4.78 is 2.49. The summed E-state index contributed by atoms with van der Waals surface area (Å²) in [6.07, 6.45) is 0. The van der Waals surface area contributed by atoms with Crippen LogP contribution in [0, 0.1) is 0 Å². The van der Waals surface area contributed by atoms with E-state index in [-0.39, 0.29) is 0 Å². The van der Waals surface area contributed by atoms with Crippen LogP contribution in [-0.4, -0.2) is 0 Å². The molecule has 0 saturated heterocycles. The van der Waals surface area contributed by atoms with E-state index in [4.69, 9.17) is 11.6 Å². The van der Waals surface area contributed by atoms with Gasteiger partial charge in [0.25, 0.3) is 0 Å². The molecule has 86 valence electrons. The van der Waals surface area contributed by atoms with Crippen LogP contribution in [0.25, 0.3) is 30.9 Å². The molecule has 0 unspecified atom stereocenters. The molecule has 0 atom stereocenters. The van der Waals surface area contributed by atoms with Crippen LogP contribution in [0.2, 0.25) is 5.02 Å². The monoisotopic (exact) mass is 268 g/mol. The van der Waals surface area contributed by atoms with Gasteiger partial charge in [-0.1, -0.05) is 54.1 Å². The van der Waals surface area contributed by atoms with Crippen LogP contribution in [-0.2, 0) is 0 Å². The molecule has 18 heavy (non-hydrogen) atoms. The molecule has 3 aromatic carbocycles. The molecule has 4 rings (SSSR count). The molecule has 1 aromatic heterocycles. The van der Waals surface area contributed by atoms with E-state index in [9.17, 15) is 0 Å². The van der Waals surface area contributed by atoms with Crippen LogP contribution in [0.3, 0.4) is 0 Å². The third-order valence-electron chi connectivity index (χ3n) is 3.33. The molecule has 0 bridgehead atoms. The van der Waals surface area contributed by atoms with Gasteiger partial charge in [0, 0.05) is 20.9 Å². The average Bonchev–Trinajstić information content (AvgIpc) is 2.79. The van der Waals surface area contributed by atoms with Crippen LogP contribution in [0.15, 0.2) is 54.6 Å². The molecule has 0 spiro atoms. The molecule has 0 aliphatic heterocycles. The van der Waals surface area contributed by atoms with Gasteiger partial charge in [-0.15, -0.1) is 11.3 Å². The first-order valence-corrected chi connectivity index (χ1v) is 7.02.